The standard InChI is InChI=1S/C26H21FN2O4S/c1-33-17-7-11-22-23(13-17)34-26(29-22)28-21-10-6-16(12-20(21)27)14-2-4-15(5-3-14)24(30)18-8-9-19(18)25(31)32/h2-7,10-13,18-19H,8-9H2,1H3,(H,28,29)(H,31,32)/t18-,19-/m1/s1. The molecule has 34 heavy (non-hydrogen) atoms. The first-order valence-corrected chi connectivity index (χ1v) is 11.6. The Morgan fingerprint density at radius 1 is 1.03 bits per heavy atom. The fourth-order valence-electron chi connectivity index (χ4n) is 4.15. The average Bonchev–Trinajstić information content (AvgIpc) is 3.21. The molecule has 4 aromatic rings. The molecule has 172 valence electrons. The van der Waals surface area contributed by atoms with Crippen LogP contribution in [0, 0.1) is 17.7 Å². The van der Waals surface area contributed by atoms with Crippen molar-refractivity contribution >= 4 is 44.1 Å². The number of hydrogen-bond donors (Lipinski definition) is 2. The van der Waals surface area contributed by atoms with Crippen LogP contribution in [0.4, 0.5) is 15.2 Å². The second kappa shape index (κ2) is 8.87. The van der Waals surface area contributed by atoms with E-state index in [0.717, 1.165) is 21.5 Å². The van der Waals surface area contributed by atoms with Gasteiger partial charge < -0.3 is 15.2 Å². The second-order valence-corrected chi connectivity index (χ2v) is 9.27. The van der Waals surface area contributed by atoms with E-state index in [4.69, 9.17) is 4.74 Å². The van der Waals surface area contributed by atoms with Gasteiger partial charge in [-0.05, 0) is 54.3 Å². The number of halogens is 1. The van der Waals surface area contributed by atoms with Crippen LogP contribution in [-0.2, 0) is 4.79 Å². The summed E-state index contributed by atoms with van der Waals surface area (Å²) in [6.45, 7) is 0. The number of aliphatic carboxylic acids is 1. The van der Waals surface area contributed by atoms with Crippen molar-refractivity contribution in [3.8, 4) is 16.9 Å². The molecule has 2 atom stereocenters. The number of ketones is 1. The van der Waals surface area contributed by atoms with Gasteiger partial charge in [0.2, 0.25) is 0 Å². The van der Waals surface area contributed by atoms with Crippen molar-refractivity contribution in [2.75, 3.05) is 12.4 Å². The number of methoxy groups -OCH3 is 1. The highest BCUT2D eigenvalue weighted by Crippen LogP contribution is 2.37. The summed E-state index contributed by atoms with van der Waals surface area (Å²) in [7, 11) is 1.60. The lowest BCUT2D eigenvalue weighted by atomic mass is 9.70. The van der Waals surface area contributed by atoms with E-state index in [1.54, 1.807) is 43.5 Å². The number of carboxylic acid groups (broad SMARTS) is 1. The van der Waals surface area contributed by atoms with Gasteiger partial charge in [0.15, 0.2) is 10.9 Å². The lowest BCUT2D eigenvalue weighted by molar-refractivity contribution is -0.146. The molecule has 0 radical (unpaired) electrons. The van der Waals surface area contributed by atoms with E-state index < -0.39 is 23.6 Å². The van der Waals surface area contributed by atoms with Crippen molar-refractivity contribution in [1.29, 1.82) is 0 Å². The van der Waals surface area contributed by atoms with E-state index >= 15 is 0 Å². The average molecular weight is 477 g/mol. The quantitative estimate of drug-likeness (QED) is 0.311. The van der Waals surface area contributed by atoms with E-state index in [9.17, 15) is 19.1 Å². The number of benzene rings is 3. The molecule has 1 aromatic heterocycles. The van der Waals surface area contributed by atoms with Crippen LogP contribution in [0.25, 0.3) is 21.3 Å². The number of hydrogen-bond acceptors (Lipinski definition) is 6. The smallest absolute Gasteiger partial charge is 0.307 e. The monoisotopic (exact) mass is 476 g/mol. The summed E-state index contributed by atoms with van der Waals surface area (Å²) in [5.74, 6) is -1.82. The maximum Gasteiger partial charge on any atom is 0.307 e. The Labute approximate surface area is 199 Å². The zero-order valence-corrected chi connectivity index (χ0v) is 19.1. The topological polar surface area (TPSA) is 88.5 Å². The molecule has 0 aliphatic heterocycles. The molecule has 2 N–H and O–H groups in total. The molecule has 0 amide bonds. The summed E-state index contributed by atoms with van der Waals surface area (Å²) < 4.78 is 21.0. The minimum absolute atomic E-state index is 0.149. The van der Waals surface area contributed by atoms with Gasteiger partial charge in [0.1, 0.15) is 11.6 Å². The first-order chi connectivity index (χ1) is 16.4. The molecular formula is C26H21FN2O4S. The Hall–Kier alpha value is -3.78. The summed E-state index contributed by atoms with van der Waals surface area (Å²) >= 11 is 1.41. The highest BCUT2D eigenvalue weighted by Gasteiger charge is 2.41. The molecule has 0 saturated heterocycles. The number of carbonyl (C=O) groups excluding carboxylic acids is 1. The molecule has 8 heteroatoms. The Balaban J connectivity index is 1.31. The highest BCUT2D eigenvalue weighted by atomic mass is 32.1. The van der Waals surface area contributed by atoms with Crippen molar-refractivity contribution in [3.05, 3.63) is 72.0 Å². The van der Waals surface area contributed by atoms with Gasteiger partial charge in [-0.1, -0.05) is 41.7 Å². The van der Waals surface area contributed by atoms with E-state index in [-0.39, 0.29) is 5.78 Å². The molecule has 0 unspecified atom stereocenters. The minimum Gasteiger partial charge on any atom is -0.497 e. The molecule has 3 aromatic carbocycles. The van der Waals surface area contributed by atoms with Gasteiger partial charge in [-0.25, -0.2) is 9.37 Å². The summed E-state index contributed by atoms with van der Waals surface area (Å²) in [5.41, 5.74) is 3.02. The van der Waals surface area contributed by atoms with E-state index in [0.29, 0.717) is 34.8 Å². The Morgan fingerprint density at radius 2 is 1.76 bits per heavy atom. The van der Waals surface area contributed by atoms with Crippen LogP contribution in [0.2, 0.25) is 0 Å². The Bertz CT molecular complexity index is 1400. The van der Waals surface area contributed by atoms with Gasteiger partial charge >= 0.3 is 5.97 Å². The predicted molar refractivity (Wildman–Crippen MR) is 129 cm³/mol. The van der Waals surface area contributed by atoms with Gasteiger partial charge in [0.25, 0.3) is 0 Å². The number of thiazole rings is 1. The van der Waals surface area contributed by atoms with Crippen LogP contribution < -0.4 is 10.1 Å². The number of anilines is 2. The normalized spacial score (nSPS) is 17.2. The predicted octanol–water partition coefficient (Wildman–Crippen LogP) is 6.15. The van der Waals surface area contributed by atoms with E-state index in [1.807, 2.05) is 18.2 Å². The fourth-order valence-corrected chi connectivity index (χ4v) is 5.05. The van der Waals surface area contributed by atoms with Crippen LogP contribution in [0.1, 0.15) is 23.2 Å². The first-order valence-electron chi connectivity index (χ1n) is 10.8. The van der Waals surface area contributed by atoms with Crippen LogP contribution in [0.5, 0.6) is 5.75 Å². The Kier molecular flexibility index (Phi) is 5.75. The number of nitrogens with zero attached hydrogens (tertiary/aromatic N) is 1. The van der Waals surface area contributed by atoms with Gasteiger partial charge in [-0.3, -0.25) is 9.59 Å². The molecule has 5 rings (SSSR count). The Morgan fingerprint density at radius 3 is 2.41 bits per heavy atom. The van der Waals surface area contributed by atoms with Crippen molar-refractivity contribution in [1.82, 2.24) is 4.98 Å². The van der Waals surface area contributed by atoms with Gasteiger partial charge in [-0.2, -0.15) is 0 Å². The van der Waals surface area contributed by atoms with Crippen LogP contribution in [0.15, 0.2) is 60.7 Å². The van der Waals surface area contributed by atoms with Crippen LogP contribution in [-0.4, -0.2) is 29.0 Å². The van der Waals surface area contributed by atoms with Gasteiger partial charge in [0.05, 0.1) is 28.9 Å². The molecule has 0 bridgehead atoms. The number of aromatic nitrogens is 1. The number of nitrogens with one attached hydrogen (secondary N) is 1. The van der Waals surface area contributed by atoms with Gasteiger partial charge in [-0.15, -0.1) is 0 Å². The van der Waals surface area contributed by atoms with Crippen molar-refractivity contribution in [2.45, 2.75) is 12.8 Å². The molecule has 1 fully saturated rings. The van der Waals surface area contributed by atoms with Crippen molar-refractivity contribution < 1.29 is 23.8 Å². The third-order valence-corrected chi connectivity index (χ3v) is 7.17. The maximum absolute atomic E-state index is 14.9. The summed E-state index contributed by atoms with van der Waals surface area (Å²) in [6, 6.07) is 17.3. The molecule has 1 heterocycles. The number of carbonyl (C=O) groups is 2. The third kappa shape index (κ3) is 4.12. The number of rotatable bonds is 7. The second-order valence-electron chi connectivity index (χ2n) is 8.24. The van der Waals surface area contributed by atoms with Crippen LogP contribution >= 0.6 is 11.3 Å². The fraction of sp³-hybridized carbons (Fsp3) is 0.192. The largest absolute Gasteiger partial charge is 0.497 e. The highest BCUT2D eigenvalue weighted by molar-refractivity contribution is 7.22. The lowest BCUT2D eigenvalue weighted by Gasteiger charge is -2.32. The van der Waals surface area contributed by atoms with Gasteiger partial charge in [0, 0.05) is 11.5 Å². The van der Waals surface area contributed by atoms with E-state index in [2.05, 4.69) is 10.3 Å². The number of ether oxygens (including phenoxy) is 1. The maximum atomic E-state index is 14.9. The van der Waals surface area contributed by atoms with Crippen LogP contribution in [0.3, 0.4) is 0 Å². The number of Topliss-reactive ketones (excluding diaryl/α,β-unsaturated/α-hetero) is 1. The van der Waals surface area contributed by atoms with Crippen molar-refractivity contribution in [2.24, 2.45) is 11.8 Å². The molecule has 1 aliphatic rings. The zero-order chi connectivity index (χ0) is 23.8. The SMILES string of the molecule is COc1ccc2nc(Nc3ccc(-c4ccc(C(=O)[C@@H]5CC[C@H]5C(=O)O)cc4)cc3F)sc2c1. The minimum atomic E-state index is -0.920. The molecular weight excluding hydrogens is 455 g/mol. The zero-order valence-electron chi connectivity index (χ0n) is 18.2. The number of fused-ring (bicyclic) bond motifs is 1. The van der Waals surface area contributed by atoms with E-state index in [1.165, 1.54) is 17.4 Å². The summed E-state index contributed by atoms with van der Waals surface area (Å²) in [6.07, 6.45) is 1.13. The first kappa shape index (κ1) is 22.0. The molecule has 1 saturated carbocycles. The molecule has 1 aliphatic carbocycles. The lowest BCUT2D eigenvalue weighted by Crippen LogP contribution is -2.38. The van der Waals surface area contributed by atoms with Crippen molar-refractivity contribution in [3.63, 3.8) is 0 Å². The summed E-state index contributed by atoms with van der Waals surface area (Å²) in [5, 5.41) is 12.8. The molecule has 6 nitrogen and oxygen atoms in total. The summed E-state index contributed by atoms with van der Waals surface area (Å²) in [4.78, 5) is 28.3. The third-order valence-electron chi connectivity index (χ3n) is 6.24. The molecule has 0 spiro atoms. The number of carboxylic acids is 1.